The number of hydrogen-bond acceptors (Lipinski definition) is 5. The van der Waals surface area contributed by atoms with E-state index in [0.717, 1.165) is 11.0 Å². The molecule has 0 aliphatic heterocycles. The van der Waals surface area contributed by atoms with Crippen LogP contribution >= 0.6 is 0 Å². The fraction of sp³-hybridized carbons (Fsp3) is 0.438. The maximum atomic E-state index is 11.6. The summed E-state index contributed by atoms with van der Waals surface area (Å²) in [7, 11) is 0. The molecule has 1 aromatic carbocycles. The van der Waals surface area contributed by atoms with E-state index < -0.39 is 11.7 Å². The molecule has 0 saturated carbocycles. The van der Waals surface area contributed by atoms with E-state index in [9.17, 15) is 4.79 Å². The summed E-state index contributed by atoms with van der Waals surface area (Å²) in [5.41, 5.74) is 4.41. The molecule has 0 saturated heterocycles. The Hall–Kier alpha value is -2.57. The Morgan fingerprint density at radius 1 is 1.43 bits per heavy atom. The van der Waals surface area contributed by atoms with Gasteiger partial charge in [0.25, 0.3) is 0 Å². The molecule has 0 radical (unpaired) electrons. The third-order valence-electron chi connectivity index (χ3n) is 3.05. The van der Waals surface area contributed by atoms with E-state index in [1.54, 1.807) is 10.9 Å². The average Bonchev–Trinajstić information content (AvgIpc) is 2.87. The van der Waals surface area contributed by atoms with Crippen LogP contribution in [-0.4, -0.2) is 39.4 Å². The van der Waals surface area contributed by atoms with E-state index in [1.807, 2.05) is 45.0 Å². The predicted octanol–water partition coefficient (Wildman–Crippen LogP) is 2.44. The molecule has 7 nitrogen and oxygen atoms in total. The Morgan fingerprint density at radius 3 is 2.87 bits per heavy atom. The lowest BCUT2D eigenvalue weighted by Crippen LogP contribution is -2.36. The summed E-state index contributed by atoms with van der Waals surface area (Å²) in [6.45, 7) is 9.76. The van der Waals surface area contributed by atoms with Crippen molar-refractivity contribution >= 4 is 17.1 Å². The van der Waals surface area contributed by atoms with E-state index in [-0.39, 0.29) is 6.04 Å². The fourth-order valence-electron chi connectivity index (χ4n) is 2.00. The molecule has 0 unspecified atom stereocenters. The number of benzene rings is 1. The van der Waals surface area contributed by atoms with Gasteiger partial charge >= 0.3 is 6.09 Å². The Labute approximate surface area is 135 Å². The Morgan fingerprint density at radius 2 is 2.17 bits per heavy atom. The van der Waals surface area contributed by atoms with Crippen LogP contribution in [0.5, 0.6) is 0 Å². The summed E-state index contributed by atoms with van der Waals surface area (Å²) in [5.74, 6) is 0. The van der Waals surface area contributed by atoms with Gasteiger partial charge in [0.05, 0.1) is 6.04 Å². The number of aromatic nitrogens is 3. The first kappa shape index (κ1) is 16.8. The molecule has 0 bridgehead atoms. The average molecular weight is 317 g/mol. The molecule has 124 valence electrons. The zero-order valence-corrected chi connectivity index (χ0v) is 13.7. The van der Waals surface area contributed by atoms with Crippen molar-refractivity contribution in [3.05, 3.63) is 36.9 Å². The quantitative estimate of drug-likeness (QED) is 0.800. The molecule has 23 heavy (non-hydrogen) atoms. The number of ether oxygens (including phenoxy) is 1. The van der Waals surface area contributed by atoms with Crippen molar-refractivity contribution in [3.63, 3.8) is 0 Å². The van der Waals surface area contributed by atoms with Crippen molar-refractivity contribution in [1.29, 1.82) is 0 Å². The molecular formula is C16H23N5O2. The van der Waals surface area contributed by atoms with Crippen LogP contribution in [0.25, 0.3) is 11.0 Å². The number of nitrogens with one attached hydrogen (secondary N) is 2. The van der Waals surface area contributed by atoms with Crippen LogP contribution in [0.15, 0.2) is 36.9 Å². The van der Waals surface area contributed by atoms with Crippen molar-refractivity contribution in [2.45, 2.75) is 38.8 Å². The first-order valence-electron chi connectivity index (χ1n) is 7.55. The number of alkyl carbamates (subject to hydrolysis) is 1. The van der Waals surface area contributed by atoms with Crippen LogP contribution in [0.3, 0.4) is 0 Å². The van der Waals surface area contributed by atoms with Crippen LogP contribution < -0.4 is 10.7 Å². The van der Waals surface area contributed by atoms with Gasteiger partial charge < -0.3 is 15.5 Å². The van der Waals surface area contributed by atoms with Crippen LogP contribution in [0.2, 0.25) is 0 Å². The molecular weight excluding hydrogens is 294 g/mol. The van der Waals surface area contributed by atoms with Gasteiger partial charge in [-0.25, -0.2) is 4.79 Å². The molecule has 0 fully saturated rings. The highest BCUT2D eigenvalue weighted by atomic mass is 16.6. The Kier molecular flexibility index (Phi) is 5.20. The van der Waals surface area contributed by atoms with Crippen molar-refractivity contribution in [2.75, 3.05) is 12.0 Å². The monoisotopic (exact) mass is 317 g/mol. The van der Waals surface area contributed by atoms with Crippen molar-refractivity contribution in [3.8, 4) is 0 Å². The summed E-state index contributed by atoms with van der Waals surface area (Å²) in [5, 5.41) is 10.9. The normalized spacial score (nSPS) is 12.7. The number of para-hydroxylation sites is 1. The van der Waals surface area contributed by atoms with Gasteiger partial charge in [0.15, 0.2) is 0 Å². The fourth-order valence-corrected chi connectivity index (χ4v) is 2.00. The zero-order valence-electron chi connectivity index (χ0n) is 13.7. The van der Waals surface area contributed by atoms with Crippen LogP contribution in [0, 0.1) is 0 Å². The maximum absolute atomic E-state index is 11.6. The van der Waals surface area contributed by atoms with Gasteiger partial charge in [-0.05, 0) is 44.5 Å². The number of nitrogens with zero attached hydrogens (tertiary/aromatic N) is 3. The smallest absolute Gasteiger partial charge is 0.407 e. The molecule has 0 aliphatic rings. The van der Waals surface area contributed by atoms with Crippen LogP contribution in [0.4, 0.5) is 4.79 Å². The lowest BCUT2D eigenvalue weighted by molar-refractivity contribution is 0.0527. The standard InChI is InChI=1S/C16H23N5O2/c1-5-12(10-11-17-15(22)23-16(2,3)4)19-21-14-9-7-6-8-13(14)18-20-21/h5-9,12,19H,1,10-11H2,2-4H3,(H,17,22)/t12-/m0/s1. The van der Waals surface area contributed by atoms with Crippen molar-refractivity contribution in [2.24, 2.45) is 0 Å². The third kappa shape index (κ3) is 4.98. The number of carbonyl (C=O) groups excluding carboxylic acids is 1. The number of rotatable bonds is 6. The lowest BCUT2D eigenvalue weighted by Gasteiger charge is -2.20. The van der Waals surface area contributed by atoms with Gasteiger partial charge in [-0.3, -0.25) is 0 Å². The first-order chi connectivity index (χ1) is 10.9. The minimum absolute atomic E-state index is 0.0601. The minimum atomic E-state index is -0.500. The number of hydrogen-bond donors (Lipinski definition) is 2. The second-order valence-corrected chi connectivity index (χ2v) is 6.18. The van der Waals surface area contributed by atoms with E-state index in [0.29, 0.717) is 13.0 Å². The summed E-state index contributed by atoms with van der Waals surface area (Å²) < 4.78 is 5.19. The SMILES string of the molecule is C=C[C@@H](CCNC(=O)OC(C)(C)C)Nn1nnc2ccccc21. The molecule has 7 heteroatoms. The number of carbonyl (C=O) groups is 1. The zero-order chi connectivity index (χ0) is 16.9. The molecule has 2 N–H and O–H groups in total. The van der Waals surface area contributed by atoms with Gasteiger partial charge in [0.1, 0.15) is 16.6 Å². The molecule has 0 spiro atoms. The van der Waals surface area contributed by atoms with Crippen molar-refractivity contribution < 1.29 is 9.53 Å². The van der Waals surface area contributed by atoms with Crippen LogP contribution in [-0.2, 0) is 4.74 Å². The Bertz CT molecular complexity index is 674. The van der Waals surface area contributed by atoms with E-state index in [1.165, 1.54) is 0 Å². The van der Waals surface area contributed by atoms with Gasteiger partial charge in [-0.2, -0.15) is 4.79 Å². The Balaban J connectivity index is 1.86. The molecule has 1 amide bonds. The van der Waals surface area contributed by atoms with Crippen molar-refractivity contribution in [1.82, 2.24) is 20.4 Å². The van der Waals surface area contributed by atoms with E-state index >= 15 is 0 Å². The minimum Gasteiger partial charge on any atom is -0.444 e. The highest BCUT2D eigenvalue weighted by molar-refractivity contribution is 5.74. The van der Waals surface area contributed by atoms with Gasteiger partial charge in [-0.15, -0.1) is 11.7 Å². The van der Waals surface area contributed by atoms with Gasteiger partial charge in [0, 0.05) is 6.54 Å². The predicted molar refractivity (Wildman–Crippen MR) is 89.7 cm³/mol. The maximum Gasteiger partial charge on any atom is 0.407 e. The molecule has 2 rings (SSSR count). The highest BCUT2D eigenvalue weighted by Crippen LogP contribution is 2.09. The highest BCUT2D eigenvalue weighted by Gasteiger charge is 2.16. The summed E-state index contributed by atoms with van der Waals surface area (Å²) in [4.78, 5) is 13.2. The van der Waals surface area contributed by atoms with Crippen LogP contribution in [0.1, 0.15) is 27.2 Å². The molecule has 1 heterocycles. The molecule has 2 aromatic rings. The second-order valence-electron chi connectivity index (χ2n) is 6.18. The van der Waals surface area contributed by atoms with E-state index in [4.69, 9.17) is 4.74 Å². The summed E-state index contributed by atoms with van der Waals surface area (Å²) in [6.07, 6.45) is 2.00. The summed E-state index contributed by atoms with van der Waals surface area (Å²) >= 11 is 0. The van der Waals surface area contributed by atoms with Gasteiger partial charge in [0.2, 0.25) is 0 Å². The third-order valence-corrected chi connectivity index (χ3v) is 3.05. The number of amides is 1. The largest absolute Gasteiger partial charge is 0.444 e. The molecule has 1 atom stereocenters. The number of fused-ring (bicyclic) bond motifs is 1. The van der Waals surface area contributed by atoms with E-state index in [2.05, 4.69) is 27.6 Å². The van der Waals surface area contributed by atoms with Gasteiger partial charge in [-0.1, -0.05) is 18.2 Å². The topological polar surface area (TPSA) is 81.1 Å². The first-order valence-corrected chi connectivity index (χ1v) is 7.55. The molecule has 0 aliphatic carbocycles. The lowest BCUT2D eigenvalue weighted by atomic mass is 10.2. The summed E-state index contributed by atoms with van der Waals surface area (Å²) in [6, 6.07) is 7.61. The second kappa shape index (κ2) is 7.13. The molecule has 1 aromatic heterocycles.